The Hall–Kier alpha value is -3.86. The molecule has 0 aromatic heterocycles. The molecule has 1 N–H and O–H groups in total. The summed E-state index contributed by atoms with van der Waals surface area (Å²) >= 11 is 0. The van der Waals surface area contributed by atoms with Crippen molar-refractivity contribution in [3.8, 4) is 5.75 Å². The summed E-state index contributed by atoms with van der Waals surface area (Å²) in [6.45, 7) is 10.1. The molecule has 3 aromatic rings. The fourth-order valence-corrected chi connectivity index (χ4v) is 3.96. The lowest BCUT2D eigenvalue weighted by molar-refractivity contribution is -0.137. The number of imide groups is 1. The van der Waals surface area contributed by atoms with Gasteiger partial charge < -0.3 is 10.1 Å². The Bertz CT molecular complexity index is 1260. The van der Waals surface area contributed by atoms with Gasteiger partial charge in [-0.3, -0.25) is 14.5 Å². The van der Waals surface area contributed by atoms with Crippen LogP contribution in [0.15, 0.2) is 72.4 Å². The van der Waals surface area contributed by atoms with E-state index < -0.39 is 0 Å². The first-order chi connectivity index (χ1) is 16.2. The second-order valence-electron chi connectivity index (χ2n) is 9.07. The molecule has 1 aliphatic heterocycles. The third kappa shape index (κ3) is 4.88. The zero-order chi connectivity index (χ0) is 24.4. The first kappa shape index (κ1) is 23.3. The molecule has 5 heteroatoms. The standard InChI is InChI=1S/C29H30N2O3/c1-18(2)34-24-14-12-23(13-15-24)26-27(30-25-16-20(4)6-9-21(25)5)29(33)31(28(26)32)17-22-10-7-19(3)8-11-22/h6-16,18,30H,17H2,1-5H3. The molecule has 1 aliphatic rings. The van der Waals surface area contributed by atoms with E-state index in [2.05, 4.69) is 5.32 Å². The molecular formula is C29H30N2O3. The number of hydrogen-bond acceptors (Lipinski definition) is 4. The molecule has 34 heavy (non-hydrogen) atoms. The molecule has 1 heterocycles. The summed E-state index contributed by atoms with van der Waals surface area (Å²) in [6.07, 6.45) is 0.0475. The summed E-state index contributed by atoms with van der Waals surface area (Å²) in [5.74, 6) is 0.0802. The number of carbonyl (C=O) groups excluding carboxylic acids is 2. The van der Waals surface area contributed by atoms with Crippen molar-refractivity contribution in [1.29, 1.82) is 0 Å². The molecule has 0 unspecified atom stereocenters. The highest BCUT2D eigenvalue weighted by Crippen LogP contribution is 2.33. The van der Waals surface area contributed by atoms with Crippen molar-refractivity contribution in [2.75, 3.05) is 5.32 Å². The number of rotatable bonds is 7. The van der Waals surface area contributed by atoms with Crippen LogP contribution in [-0.2, 0) is 16.1 Å². The zero-order valence-corrected chi connectivity index (χ0v) is 20.3. The van der Waals surface area contributed by atoms with Crippen LogP contribution in [0.4, 0.5) is 5.69 Å². The fraction of sp³-hybridized carbons (Fsp3) is 0.241. The van der Waals surface area contributed by atoms with E-state index in [1.165, 1.54) is 4.90 Å². The second-order valence-corrected chi connectivity index (χ2v) is 9.07. The van der Waals surface area contributed by atoms with Crippen LogP contribution >= 0.6 is 0 Å². The van der Waals surface area contributed by atoms with Gasteiger partial charge in [-0.2, -0.15) is 0 Å². The Morgan fingerprint density at radius 2 is 1.47 bits per heavy atom. The lowest BCUT2D eigenvalue weighted by Gasteiger charge is -2.16. The molecule has 0 bridgehead atoms. The van der Waals surface area contributed by atoms with Crippen LogP contribution in [0.3, 0.4) is 0 Å². The number of amides is 2. The van der Waals surface area contributed by atoms with Gasteiger partial charge in [0, 0.05) is 5.69 Å². The van der Waals surface area contributed by atoms with E-state index in [1.807, 2.05) is 101 Å². The molecule has 0 atom stereocenters. The van der Waals surface area contributed by atoms with Crippen LogP contribution < -0.4 is 10.1 Å². The Kier molecular flexibility index (Phi) is 6.55. The highest BCUT2D eigenvalue weighted by atomic mass is 16.5. The van der Waals surface area contributed by atoms with Crippen LogP contribution in [0.25, 0.3) is 5.57 Å². The largest absolute Gasteiger partial charge is 0.491 e. The molecule has 3 aromatic carbocycles. The predicted octanol–water partition coefficient (Wildman–Crippen LogP) is 5.79. The average Bonchev–Trinajstić information content (AvgIpc) is 3.02. The number of hydrogen-bond donors (Lipinski definition) is 1. The first-order valence-electron chi connectivity index (χ1n) is 11.5. The highest BCUT2D eigenvalue weighted by Gasteiger charge is 2.39. The minimum Gasteiger partial charge on any atom is -0.491 e. The Labute approximate surface area is 201 Å². The van der Waals surface area contributed by atoms with Gasteiger partial charge in [0.05, 0.1) is 18.2 Å². The van der Waals surface area contributed by atoms with Crippen molar-refractivity contribution >= 4 is 23.1 Å². The van der Waals surface area contributed by atoms with E-state index in [0.29, 0.717) is 16.8 Å². The predicted molar refractivity (Wildman–Crippen MR) is 135 cm³/mol. The summed E-state index contributed by atoms with van der Waals surface area (Å²) in [4.78, 5) is 28.4. The monoisotopic (exact) mass is 454 g/mol. The van der Waals surface area contributed by atoms with Gasteiger partial charge >= 0.3 is 0 Å². The van der Waals surface area contributed by atoms with Crippen molar-refractivity contribution in [2.45, 2.75) is 47.3 Å². The molecule has 2 amide bonds. The smallest absolute Gasteiger partial charge is 0.278 e. The van der Waals surface area contributed by atoms with Gasteiger partial charge in [-0.1, -0.05) is 54.1 Å². The maximum absolute atomic E-state index is 13.6. The van der Waals surface area contributed by atoms with E-state index in [0.717, 1.165) is 33.7 Å². The maximum Gasteiger partial charge on any atom is 0.278 e. The van der Waals surface area contributed by atoms with Crippen molar-refractivity contribution < 1.29 is 14.3 Å². The summed E-state index contributed by atoms with van der Waals surface area (Å²) in [5.41, 5.74) is 6.24. The molecule has 0 saturated carbocycles. The quantitative estimate of drug-likeness (QED) is 0.459. The lowest BCUT2D eigenvalue weighted by atomic mass is 10.0. The number of nitrogens with one attached hydrogen (secondary N) is 1. The van der Waals surface area contributed by atoms with Gasteiger partial charge in [0.25, 0.3) is 11.8 Å². The summed E-state index contributed by atoms with van der Waals surface area (Å²) < 4.78 is 5.75. The SMILES string of the molecule is Cc1ccc(CN2C(=O)C(Nc3cc(C)ccc3C)=C(c3ccc(OC(C)C)cc3)C2=O)cc1. The molecule has 0 saturated heterocycles. The van der Waals surface area contributed by atoms with Gasteiger partial charge in [0.2, 0.25) is 0 Å². The number of ether oxygens (including phenoxy) is 1. The first-order valence-corrected chi connectivity index (χ1v) is 11.5. The van der Waals surface area contributed by atoms with E-state index in [-0.39, 0.29) is 24.5 Å². The Balaban J connectivity index is 1.73. The highest BCUT2D eigenvalue weighted by molar-refractivity contribution is 6.36. The van der Waals surface area contributed by atoms with Crippen molar-refractivity contribution in [2.24, 2.45) is 0 Å². The van der Waals surface area contributed by atoms with Crippen LogP contribution in [0.2, 0.25) is 0 Å². The van der Waals surface area contributed by atoms with Gasteiger partial charge in [-0.05, 0) is 75.1 Å². The summed E-state index contributed by atoms with van der Waals surface area (Å²) in [6, 6.07) is 21.2. The van der Waals surface area contributed by atoms with Crippen molar-refractivity contribution in [1.82, 2.24) is 4.90 Å². The third-order valence-corrected chi connectivity index (χ3v) is 5.80. The van der Waals surface area contributed by atoms with E-state index >= 15 is 0 Å². The van der Waals surface area contributed by atoms with Crippen LogP contribution in [0.5, 0.6) is 5.75 Å². The van der Waals surface area contributed by atoms with Gasteiger partial charge in [0.15, 0.2) is 0 Å². The van der Waals surface area contributed by atoms with Crippen molar-refractivity contribution in [3.05, 3.63) is 100 Å². The van der Waals surface area contributed by atoms with Crippen LogP contribution in [0.1, 0.15) is 41.7 Å². The molecule has 0 radical (unpaired) electrons. The molecular weight excluding hydrogens is 424 g/mol. The molecule has 4 rings (SSSR count). The molecule has 0 aliphatic carbocycles. The number of carbonyl (C=O) groups is 2. The summed E-state index contributed by atoms with van der Waals surface area (Å²) in [7, 11) is 0. The zero-order valence-electron chi connectivity index (χ0n) is 20.3. The third-order valence-electron chi connectivity index (χ3n) is 5.80. The number of aryl methyl sites for hydroxylation is 3. The fourth-order valence-electron chi connectivity index (χ4n) is 3.96. The second kappa shape index (κ2) is 9.56. The van der Waals surface area contributed by atoms with Crippen LogP contribution in [-0.4, -0.2) is 22.8 Å². The van der Waals surface area contributed by atoms with Crippen molar-refractivity contribution in [3.63, 3.8) is 0 Å². The lowest BCUT2D eigenvalue weighted by Crippen LogP contribution is -2.32. The maximum atomic E-state index is 13.6. The van der Waals surface area contributed by atoms with E-state index in [1.54, 1.807) is 0 Å². The minimum absolute atomic E-state index is 0.0475. The van der Waals surface area contributed by atoms with E-state index in [4.69, 9.17) is 4.74 Å². The number of anilines is 1. The van der Waals surface area contributed by atoms with E-state index in [9.17, 15) is 9.59 Å². The van der Waals surface area contributed by atoms with Gasteiger partial charge in [-0.25, -0.2) is 0 Å². The molecule has 0 fully saturated rings. The number of benzene rings is 3. The Morgan fingerprint density at radius 3 is 2.12 bits per heavy atom. The van der Waals surface area contributed by atoms with Gasteiger partial charge in [-0.15, -0.1) is 0 Å². The summed E-state index contributed by atoms with van der Waals surface area (Å²) in [5, 5.41) is 3.29. The van der Waals surface area contributed by atoms with Crippen LogP contribution in [0, 0.1) is 20.8 Å². The molecule has 0 spiro atoms. The average molecular weight is 455 g/mol. The minimum atomic E-state index is -0.330. The Morgan fingerprint density at radius 1 is 0.824 bits per heavy atom. The topological polar surface area (TPSA) is 58.6 Å². The molecule has 174 valence electrons. The number of nitrogens with zero attached hydrogens (tertiary/aromatic N) is 1. The normalized spacial score (nSPS) is 13.8. The molecule has 5 nitrogen and oxygen atoms in total. The van der Waals surface area contributed by atoms with Gasteiger partial charge in [0.1, 0.15) is 11.4 Å².